The number of sulfonamides is 1. The molecular weight excluding hydrogens is 422 g/mol. The van der Waals surface area contributed by atoms with Gasteiger partial charge >= 0.3 is 0 Å². The highest BCUT2D eigenvalue weighted by atomic mass is 32.2. The van der Waals surface area contributed by atoms with Gasteiger partial charge in [-0.3, -0.25) is 9.59 Å². The van der Waals surface area contributed by atoms with Gasteiger partial charge in [-0.15, -0.1) is 0 Å². The maximum atomic E-state index is 12.7. The minimum Gasteiger partial charge on any atom is -0.495 e. The summed E-state index contributed by atoms with van der Waals surface area (Å²) in [7, 11) is -1.20. The van der Waals surface area contributed by atoms with Gasteiger partial charge in [-0.05, 0) is 56.8 Å². The number of carbonyl (C=O) groups is 2. The van der Waals surface area contributed by atoms with Crippen LogP contribution in [0.4, 0.5) is 5.69 Å². The van der Waals surface area contributed by atoms with E-state index < -0.39 is 15.9 Å². The fourth-order valence-electron chi connectivity index (χ4n) is 2.70. The smallest absolute Gasteiger partial charge is 0.255 e. The lowest BCUT2D eigenvalue weighted by Crippen LogP contribution is -2.25. The molecule has 0 spiro atoms. The molecule has 168 valence electrons. The molecule has 0 heterocycles. The largest absolute Gasteiger partial charge is 0.495 e. The average molecular weight is 450 g/mol. The first kappa shape index (κ1) is 24.3. The Morgan fingerprint density at radius 1 is 1.03 bits per heavy atom. The summed E-state index contributed by atoms with van der Waals surface area (Å²) in [6.07, 6.45) is 0.700. The van der Waals surface area contributed by atoms with E-state index in [2.05, 4.69) is 15.4 Å². The Bertz CT molecular complexity index is 1020. The van der Waals surface area contributed by atoms with E-state index in [4.69, 9.17) is 9.47 Å². The number of hydrogen-bond donors (Lipinski definition) is 3. The van der Waals surface area contributed by atoms with E-state index in [0.29, 0.717) is 37.4 Å². The lowest BCUT2D eigenvalue weighted by Gasteiger charge is -2.12. The van der Waals surface area contributed by atoms with E-state index in [0.717, 1.165) is 0 Å². The van der Waals surface area contributed by atoms with Crippen molar-refractivity contribution < 1.29 is 27.5 Å². The monoisotopic (exact) mass is 449 g/mol. The van der Waals surface area contributed by atoms with Crippen LogP contribution in [0.1, 0.15) is 34.1 Å². The fourth-order valence-corrected chi connectivity index (χ4v) is 3.62. The van der Waals surface area contributed by atoms with E-state index in [1.165, 1.54) is 32.4 Å². The van der Waals surface area contributed by atoms with Crippen molar-refractivity contribution in [3.05, 3.63) is 53.6 Å². The van der Waals surface area contributed by atoms with Crippen LogP contribution in [-0.2, 0) is 14.8 Å². The summed E-state index contributed by atoms with van der Waals surface area (Å²) in [5.74, 6) is -0.669. The molecule has 0 aliphatic heterocycles. The third-order valence-electron chi connectivity index (χ3n) is 4.32. The van der Waals surface area contributed by atoms with Gasteiger partial charge in [0.1, 0.15) is 10.6 Å². The number of methoxy groups -OCH3 is 1. The van der Waals surface area contributed by atoms with E-state index >= 15 is 0 Å². The third kappa shape index (κ3) is 6.78. The first-order valence-corrected chi connectivity index (χ1v) is 11.2. The quantitative estimate of drug-likeness (QED) is 0.451. The van der Waals surface area contributed by atoms with Crippen molar-refractivity contribution in [3.8, 4) is 5.75 Å². The molecule has 2 amide bonds. The summed E-state index contributed by atoms with van der Waals surface area (Å²) in [4.78, 5) is 24.8. The SMILES string of the molecule is CCOCCCNC(=O)c1cccc(NC(=O)c2ccc(OC)c(S(=O)(=O)NC)c2)c1. The van der Waals surface area contributed by atoms with Crippen LogP contribution in [-0.4, -0.2) is 54.1 Å². The number of ether oxygens (including phenoxy) is 2. The van der Waals surface area contributed by atoms with Crippen LogP contribution in [0.25, 0.3) is 0 Å². The van der Waals surface area contributed by atoms with Crippen molar-refractivity contribution in [3.63, 3.8) is 0 Å². The second-order valence-electron chi connectivity index (χ2n) is 6.41. The summed E-state index contributed by atoms with van der Waals surface area (Å²) < 4.78 is 36.9. The number of benzene rings is 2. The zero-order valence-electron chi connectivity index (χ0n) is 17.7. The predicted molar refractivity (Wildman–Crippen MR) is 117 cm³/mol. The van der Waals surface area contributed by atoms with E-state index in [-0.39, 0.29) is 22.1 Å². The van der Waals surface area contributed by atoms with Crippen LogP contribution in [0.2, 0.25) is 0 Å². The summed E-state index contributed by atoms with van der Waals surface area (Å²) in [5.41, 5.74) is 0.920. The van der Waals surface area contributed by atoms with Crippen LogP contribution in [0.15, 0.2) is 47.4 Å². The first-order chi connectivity index (χ1) is 14.8. The Labute approximate surface area is 182 Å². The molecular formula is C21H27N3O6S. The first-order valence-electron chi connectivity index (χ1n) is 9.71. The van der Waals surface area contributed by atoms with Crippen LogP contribution >= 0.6 is 0 Å². The van der Waals surface area contributed by atoms with Gasteiger partial charge < -0.3 is 20.1 Å². The minimum absolute atomic E-state index is 0.119. The Morgan fingerprint density at radius 3 is 2.45 bits per heavy atom. The van der Waals surface area contributed by atoms with Crippen LogP contribution < -0.4 is 20.1 Å². The summed E-state index contributed by atoms with van der Waals surface area (Å²) in [6.45, 7) is 3.58. The fraction of sp³-hybridized carbons (Fsp3) is 0.333. The number of anilines is 1. The topological polar surface area (TPSA) is 123 Å². The Hall–Kier alpha value is -2.95. The number of carbonyl (C=O) groups excluding carboxylic acids is 2. The van der Waals surface area contributed by atoms with Gasteiger partial charge in [-0.2, -0.15) is 0 Å². The van der Waals surface area contributed by atoms with Crippen LogP contribution in [0, 0.1) is 0 Å². The van der Waals surface area contributed by atoms with Crippen molar-refractivity contribution in [2.75, 3.05) is 39.2 Å². The van der Waals surface area contributed by atoms with Gasteiger partial charge in [0.25, 0.3) is 11.8 Å². The predicted octanol–water partition coefficient (Wildman–Crippen LogP) is 2.01. The van der Waals surface area contributed by atoms with Crippen LogP contribution in [0.5, 0.6) is 5.75 Å². The molecule has 0 bridgehead atoms. The molecule has 0 saturated carbocycles. The van der Waals surface area contributed by atoms with Gasteiger partial charge in [0, 0.05) is 36.6 Å². The normalized spacial score (nSPS) is 11.1. The molecule has 10 heteroatoms. The molecule has 31 heavy (non-hydrogen) atoms. The zero-order chi connectivity index (χ0) is 22.9. The molecule has 0 aliphatic rings. The molecule has 9 nitrogen and oxygen atoms in total. The van der Waals surface area contributed by atoms with Gasteiger partial charge in [-0.25, -0.2) is 13.1 Å². The number of nitrogens with one attached hydrogen (secondary N) is 3. The number of rotatable bonds is 11. The molecule has 2 aromatic rings. The highest BCUT2D eigenvalue weighted by Gasteiger charge is 2.20. The Balaban J connectivity index is 2.12. The van der Waals surface area contributed by atoms with Crippen molar-refractivity contribution in [1.29, 1.82) is 0 Å². The Kier molecular flexibility index (Phi) is 8.98. The molecule has 3 N–H and O–H groups in total. The molecule has 0 aromatic heterocycles. The molecule has 0 radical (unpaired) electrons. The maximum absolute atomic E-state index is 12.7. The van der Waals surface area contributed by atoms with Gasteiger partial charge in [0.05, 0.1) is 7.11 Å². The van der Waals surface area contributed by atoms with Crippen molar-refractivity contribution in [1.82, 2.24) is 10.0 Å². The number of amides is 2. The molecule has 2 rings (SSSR count). The molecule has 0 fully saturated rings. The molecule has 0 aliphatic carbocycles. The Morgan fingerprint density at radius 2 is 1.77 bits per heavy atom. The van der Waals surface area contributed by atoms with Crippen molar-refractivity contribution in [2.24, 2.45) is 0 Å². The van der Waals surface area contributed by atoms with E-state index in [1.54, 1.807) is 24.3 Å². The molecule has 0 unspecified atom stereocenters. The van der Waals surface area contributed by atoms with Crippen molar-refractivity contribution in [2.45, 2.75) is 18.2 Å². The highest BCUT2D eigenvalue weighted by molar-refractivity contribution is 7.89. The highest BCUT2D eigenvalue weighted by Crippen LogP contribution is 2.25. The second kappa shape index (κ2) is 11.4. The summed E-state index contributed by atoms with van der Waals surface area (Å²) in [6, 6.07) is 10.6. The van der Waals surface area contributed by atoms with E-state index in [1.807, 2.05) is 6.92 Å². The average Bonchev–Trinajstić information content (AvgIpc) is 2.78. The van der Waals surface area contributed by atoms with Crippen molar-refractivity contribution >= 4 is 27.5 Å². The molecule has 0 atom stereocenters. The van der Waals surface area contributed by atoms with Gasteiger partial charge in [0.15, 0.2) is 0 Å². The minimum atomic E-state index is -3.82. The molecule has 0 saturated heterocycles. The van der Waals surface area contributed by atoms with Gasteiger partial charge in [0.2, 0.25) is 10.0 Å². The second-order valence-corrected chi connectivity index (χ2v) is 8.27. The number of hydrogen-bond acceptors (Lipinski definition) is 6. The summed E-state index contributed by atoms with van der Waals surface area (Å²) >= 11 is 0. The standard InChI is InChI=1S/C21H27N3O6S/c1-4-30-12-6-11-23-20(25)15-7-5-8-17(13-15)24-21(26)16-9-10-18(29-3)19(14-16)31(27,28)22-2/h5,7-10,13-14,22H,4,6,11-12H2,1-3H3,(H,23,25)(H,24,26). The zero-order valence-corrected chi connectivity index (χ0v) is 18.5. The lowest BCUT2D eigenvalue weighted by atomic mass is 10.1. The maximum Gasteiger partial charge on any atom is 0.255 e. The summed E-state index contributed by atoms with van der Waals surface area (Å²) in [5, 5.41) is 5.47. The molecule has 2 aromatic carbocycles. The third-order valence-corrected chi connectivity index (χ3v) is 5.76. The lowest BCUT2D eigenvalue weighted by molar-refractivity contribution is 0.0943. The van der Waals surface area contributed by atoms with Gasteiger partial charge in [-0.1, -0.05) is 6.07 Å². The van der Waals surface area contributed by atoms with E-state index in [9.17, 15) is 18.0 Å². The van der Waals surface area contributed by atoms with Crippen LogP contribution in [0.3, 0.4) is 0 Å².